The molecule has 0 aliphatic carbocycles. The van der Waals surface area contributed by atoms with Gasteiger partial charge in [-0.25, -0.2) is 13.4 Å². The molecule has 0 saturated heterocycles. The molecule has 7 heteroatoms. The monoisotopic (exact) mass is 366 g/mol. The highest BCUT2D eigenvalue weighted by atomic mass is 32.2. The Morgan fingerprint density at radius 3 is 2.33 bits per heavy atom. The summed E-state index contributed by atoms with van der Waals surface area (Å²) in [6, 6.07) is 6.36. The predicted octanol–water partition coefficient (Wildman–Crippen LogP) is 3.09. The van der Waals surface area contributed by atoms with Gasteiger partial charge in [-0.3, -0.25) is 4.79 Å². The molecular formula is C17H22N2O3S2. The van der Waals surface area contributed by atoms with Crippen molar-refractivity contribution in [3.8, 4) is 0 Å². The van der Waals surface area contributed by atoms with Crippen LogP contribution >= 0.6 is 11.3 Å². The Morgan fingerprint density at radius 1 is 1.21 bits per heavy atom. The molecule has 0 unspecified atom stereocenters. The summed E-state index contributed by atoms with van der Waals surface area (Å²) in [5, 5.41) is 5.86. The van der Waals surface area contributed by atoms with Crippen LogP contribution in [0.5, 0.6) is 0 Å². The molecule has 0 spiro atoms. The Kier molecular flexibility index (Phi) is 5.77. The molecule has 1 atom stereocenters. The van der Waals surface area contributed by atoms with Crippen molar-refractivity contribution in [2.75, 3.05) is 6.26 Å². The van der Waals surface area contributed by atoms with Crippen molar-refractivity contribution in [1.29, 1.82) is 0 Å². The second-order valence-corrected chi connectivity index (χ2v) is 9.04. The molecule has 1 amide bonds. The van der Waals surface area contributed by atoms with E-state index in [9.17, 15) is 13.2 Å². The molecule has 0 bridgehead atoms. The highest BCUT2D eigenvalue weighted by Gasteiger charge is 2.14. The Morgan fingerprint density at radius 2 is 1.83 bits per heavy atom. The molecule has 0 fully saturated rings. The van der Waals surface area contributed by atoms with Crippen LogP contribution in [0.3, 0.4) is 0 Å². The fraction of sp³-hybridized carbons (Fsp3) is 0.412. The number of aromatic nitrogens is 1. The zero-order valence-electron chi connectivity index (χ0n) is 14.2. The SMILES string of the molecule is CC(C)c1nc(CC(=O)N[C@H](C)c2ccc(S(C)(=O)=O)cc2)cs1. The van der Waals surface area contributed by atoms with Crippen molar-refractivity contribution in [1.82, 2.24) is 10.3 Å². The molecular weight excluding hydrogens is 344 g/mol. The largest absolute Gasteiger partial charge is 0.349 e. The maximum absolute atomic E-state index is 12.2. The maximum Gasteiger partial charge on any atom is 0.226 e. The van der Waals surface area contributed by atoms with Crippen LogP contribution in [-0.2, 0) is 21.1 Å². The first-order chi connectivity index (χ1) is 11.2. The molecule has 1 aromatic carbocycles. The van der Waals surface area contributed by atoms with Crippen molar-refractivity contribution in [3.63, 3.8) is 0 Å². The van der Waals surface area contributed by atoms with Gasteiger partial charge in [-0.2, -0.15) is 0 Å². The van der Waals surface area contributed by atoms with Gasteiger partial charge in [0, 0.05) is 17.6 Å². The number of benzene rings is 1. The van der Waals surface area contributed by atoms with Crippen molar-refractivity contribution < 1.29 is 13.2 Å². The quantitative estimate of drug-likeness (QED) is 0.852. The van der Waals surface area contributed by atoms with E-state index in [1.54, 1.807) is 35.6 Å². The highest BCUT2D eigenvalue weighted by molar-refractivity contribution is 7.90. The van der Waals surface area contributed by atoms with E-state index in [4.69, 9.17) is 0 Å². The summed E-state index contributed by atoms with van der Waals surface area (Å²) in [5.74, 6) is 0.259. The van der Waals surface area contributed by atoms with Crippen molar-refractivity contribution in [3.05, 3.63) is 45.9 Å². The third-order valence-electron chi connectivity index (χ3n) is 3.59. The Labute approximate surface area is 147 Å². The zero-order chi connectivity index (χ0) is 17.9. The lowest BCUT2D eigenvalue weighted by atomic mass is 10.1. The van der Waals surface area contributed by atoms with E-state index in [-0.39, 0.29) is 23.3 Å². The lowest BCUT2D eigenvalue weighted by molar-refractivity contribution is -0.121. The van der Waals surface area contributed by atoms with E-state index in [1.807, 2.05) is 12.3 Å². The first-order valence-electron chi connectivity index (χ1n) is 7.70. The summed E-state index contributed by atoms with van der Waals surface area (Å²) in [6.07, 6.45) is 1.42. The standard InChI is InChI=1S/C17H22N2O3S2/c1-11(2)17-19-14(10-23-17)9-16(20)18-12(3)13-5-7-15(8-6-13)24(4,21)22/h5-8,10-12H,9H2,1-4H3,(H,18,20)/t12-/m1/s1. The van der Waals surface area contributed by atoms with E-state index < -0.39 is 9.84 Å². The third-order valence-corrected chi connectivity index (χ3v) is 5.91. The summed E-state index contributed by atoms with van der Waals surface area (Å²) in [7, 11) is -3.21. The molecule has 2 rings (SSSR count). The number of carbonyl (C=O) groups is 1. The number of nitrogens with zero attached hydrogens (tertiary/aromatic N) is 1. The Bertz CT molecular complexity index is 809. The van der Waals surface area contributed by atoms with Crippen LogP contribution < -0.4 is 5.32 Å². The van der Waals surface area contributed by atoms with Gasteiger partial charge in [0.05, 0.1) is 28.1 Å². The van der Waals surface area contributed by atoms with E-state index >= 15 is 0 Å². The van der Waals surface area contributed by atoms with E-state index in [0.29, 0.717) is 5.92 Å². The molecule has 130 valence electrons. The highest BCUT2D eigenvalue weighted by Crippen LogP contribution is 2.20. The molecule has 1 N–H and O–H groups in total. The molecule has 0 aliphatic rings. The van der Waals surface area contributed by atoms with Crippen LogP contribution in [0.25, 0.3) is 0 Å². The summed E-state index contributed by atoms with van der Waals surface area (Å²) in [6.45, 7) is 6.02. The number of carbonyl (C=O) groups excluding carboxylic acids is 1. The summed E-state index contributed by atoms with van der Waals surface area (Å²) < 4.78 is 22.9. The fourth-order valence-corrected chi connectivity index (χ4v) is 3.68. The van der Waals surface area contributed by atoms with Gasteiger partial charge in [0.1, 0.15) is 0 Å². The van der Waals surface area contributed by atoms with Gasteiger partial charge < -0.3 is 5.32 Å². The van der Waals surface area contributed by atoms with Gasteiger partial charge in [0.2, 0.25) is 5.91 Å². The van der Waals surface area contributed by atoms with Gasteiger partial charge >= 0.3 is 0 Å². The lowest BCUT2D eigenvalue weighted by Gasteiger charge is -2.14. The number of hydrogen-bond acceptors (Lipinski definition) is 5. The predicted molar refractivity (Wildman–Crippen MR) is 96.0 cm³/mol. The average molecular weight is 367 g/mol. The van der Waals surface area contributed by atoms with Crippen LogP contribution in [0.1, 0.15) is 49.0 Å². The molecule has 1 heterocycles. The van der Waals surface area contributed by atoms with Crippen LogP contribution in [0.4, 0.5) is 0 Å². The summed E-state index contributed by atoms with van der Waals surface area (Å²) >= 11 is 1.57. The number of sulfone groups is 1. The molecule has 0 aliphatic heterocycles. The Hall–Kier alpha value is -1.73. The van der Waals surface area contributed by atoms with Crippen molar-refractivity contribution in [2.45, 2.75) is 44.0 Å². The number of amides is 1. The third kappa shape index (κ3) is 4.88. The topological polar surface area (TPSA) is 76.1 Å². The first kappa shape index (κ1) is 18.6. The number of rotatable bonds is 6. The van der Waals surface area contributed by atoms with Crippen molar-refractivity contribution in [2.24, 2.45) is 0 Å². The average Bonchev–Trinajstić information content (AvgIpc) is 2.95. The van der Waals surface area contributed by atoms with Gasteiger partial charge in [0.15, 0.2) is 9.84 Å². The second-order valence-electron chi connectivity index (χ2n) is 6.14. The fourth-order valence-electron chi connectivity index (χ4n) is 2.21. The van der Waals surface area contributed by atoms with Crippen LogP contribution in [-0.4, -0.2) is 25.6 Å². The number of nitrogens with one attached hydrogen (secondary N) is 1. The molecule has 0 radical (unpaired) electrons. The lowest BCUT2D eigenvalue weighted by Crippen LogP contribution is -2.28. The van der Waals surface area contributed by atoms with Crippen LogP contribution in [0.15, 0.2) is 34.5 Å². The number of hydrogen-bond donors (Lipinski definition) is 1. The molecule has 24 heavy (non-hydrogen) atoms. The van der Waals surface area contributed by atoms with Gasteiger partial charge in [-0.05, 0) is 24.6 Å². The van der Waals surface area contributed by atoms with Crippen molar-refractivity contribution >= 4 is 27.1 Å². The smallest absolute Gasteiger partial charge is 0.226 e. The summed E-state index contributed by atoms with van der Waals surface area (Å²) in [5.41, 5.74) is 1.64. The van der Waals surface area contributed by atoms with E-state index in [1.165, 1.54) is 6.26 Å². The normalized spacial score (nSPS) is 13.0. The molecule has 2 aromatic rings. The molecule has 5 nitrogen and oxygen atoms in total. The van der Waals surface area contributed by atoms with Gasteiger partial charge in [0.25, 0.3) is 0 Å². The minimum Gasteiger partial charge on any atom is -0.349 e. The minimum absolute atomic E-state index is 0.102. The van der Waals surface area contributed by atoms with E-state index in [0.717, 1.165) is 16.3 Å². The molecule has 1 aromatic heterocycles. The maximum atomic E-state index is 12.2. The van der Waals surface area contributed by atoms with Crippen LogP contribution in [0.2, 0.25) is 0 Å². The van der Waals surface area contributed by atoms with E-state index in [2.05, 4.69) is 24.1 Å². The van der Waals surface area contributed by atoms with Gasteiger partial charge in [-0.1, -0.05) is 26.0 Å². The first-order valence-corrected chi connectivity index (χ1v) is 10.5. The van der Waals surface area contributed by atoms with Gasteiger partial charge in [-0.15, -0.1) is 11.3 Å². The van der Waals surface area contributed by atoms with Crippen LogP contribution in [0, 0.1) is 0 Å². The number of thiazole rings is 1. The summed E-state index contributed by atoms with van der Waals surface area (Å²) in [4.78, 5) is 16.9. The molecule has 0 saturated carbocycles. The Balaban J connectivity index is 1.98. The minimum atomic E-state index is -3.21. The zero-order valence-corrected chi connectivity index (χ0v) is 15.9. The second kappa shape index (κ2) is 7.44.